The van der Waals surface area contributed by atoms with Crippen LogP contribution < -0.4 is 22.1 Å². The summed E-state index contributed by atoms with van der Waals surface area (Å²) in [6.45, 7) is 7.95. The zero-order valence-electron chi connectivity index (χ0n) is 16.6. The van der Waals surface area contributed by atoms with Crippen LogP contribution in [-0.4, -0.2) is 17.8 Å². The highest BCUT2D eigenvalue weighted by Crippen LogP contribution is 2.46. The van der Waals surface area contributed by atoms with Gasteiger partial charge in [0.2, 0.25) is 11.8 Å². The number of urea groups is 1. The van der Waals surface area contributed by atoms with Crippen LogP contribution in [0.1, 0.15) is 55.5 Å². The van der Waals surface area contributed by atoms with E-state index in [1.54, 1.807) is 0 Å². The minimum Gasteiger partial charge on any atom is -0.398 e. The van der Waals surface area contributed by atoms with Gasteiger partial charge in [-0.15, -0.1) is 0 Å². The normalized spacial score (nSPS) is 17.4. The minimum atomic E-state index is -1.90. The van der Waals surface area contributed by atoms with E-state index >= 15 is 0 Å². The van der Waals surface area contributed by atoms with E-state index in [4.69, 9.17) is 11.5 Å². The molecule has 28 heavy (non-hydrogen) atoms. The highest BCUT2D eigenvalue weighted by molar-refractivity contribution is 7.25. The molecule has 6 N–H and O–H groups in total. The average molecular weight is 406 g/mol. The molecule has 2 rings (SSSR count). The molecule has 1 unspecified atom stereocenters. The number of carbonyl (C=O) groups excluding carboxylic acids is 3. The molecule has 0 aliphatic carbocycles. The first kappa shape index (κ1) is 22.0. The maximum absolute atomic E-state index is 12.5. The number of benzene rings is 1. The predicted octanol–water partition coefficient (Wildman–Crippen LogP) is 1.90. The van der Waals surface area contributed by atoms with Crippen molar-refractivity contribution >= 4 is 32.0 Å². The van der Waals surface area contributed by atoms with Crippen LogP contribution in [0.15, 0.2) is 0 Å². The molecule has 1 aliphatic heterocycles. The Labute approximate surface area is 166 Å². The number of hydrogen-bond donors (Lipinski definition) is 4. The first-order chi connectivity index (χ1) is 13.2. The number of anilines is 1. The van der Waals surface area contributed by atoms with Gasteiger partial charge in [-0.25, -0.2) is 4.79 Å². The Morgan fingerprint density at radius 3 is 1.68 bits per heavy atom. The van der Waals surface area contributed by atoms with Crippen molar-refractivity contribution in [1.29, 1.82) is 0 Å². The number of nitrogens with two attached hydrogens (primary N) is 2. The number of hydrogen-bond acceptors (Lipinski definition) is 6. The number of barbiturate groups is 1. The van der Waals surface area contributed by atoms with Gasteiger partial charge in [-0.2, -0.15) is 0 Å². The Balaban J connectivity index is 2.89. The van der Waals surface area contributed by atoms with Gasteiger partial charge >= 0.3 is 6.03 Å². The summed E-state index contributed by atoms with van der Waals surface area (Å²) in [5.74, 6) is -3.34. The fourth-order valence-electron chi connectivity index (χ4n) is 4.26. The monoisotopic (exact) mass is 406 g/mol. The zero-order chi connectivity index (χ0) is 21.2. The summed E-state index contributed by atoms with van der Waals surface area (Å²) in [6.07, 6.45) is 2.66. The lowest BCUT2D eigenvalue weighted by molar-refractivity contribution is -0.137. The van der Waals surface area contributed by atoms with E-state index < -0.39 is 37.5 Å². The molecule has 1 saturated heterocycles. The summed E-state index contributed by atoms with van der Waals surface area (Å²) in [4.78, 5) is 36.4. The van der Waals surface area contributed by atoms with Crippen molar-refractivity contribution in [3.63, 3.8) is 0 Å². The summed E-state index contributed by atoms with van der Waals surface area (Å²) in [7, 11) is -0.636. The molecule has 9 heteroatoms. The molecular formula is C19H27N4O4P. The van der Waals surface area contributed by atoms with Crippen LogP contribution in [-0.2, 0) is 45.1 Å². The molecule has 0 bridgehead atoms. The standard InChI is InChI=1S/C19H27N4O4P/c1-5-9-10(6-2)12(8-4)15(20)13(11(9)7-3)19(21,28-27)14-16(24)22-18(26)23-17(14)25/h14H,5-8,20-21H2,1-4H3,(H2,22,23,24,25,26). The van der Waals surface area contributed by atoms with Gasteiger partial charge in [-0.1, -0.05) is 27.7 Å². The maximum Gasteiger partial charge on any atom is 0.328 e. The summed E-state index contributed by atoms with van der Waals surface area (Å²) in [5.41, 5.74) is 17.6. The summed E-state index contributed by atoms with van der Waals surface area (Å²) >= 11 is 0. The molecule has 1 fully saturated rings. The third kappa shape index (κ3) is 3.31. The second-order valence-corrected chi connectivity index (χ2v) is 7.70. The molecule has 8 nitrogen and oxygen atoms in total. The number of amides is 4. The van der Waals surface area contributed by atoms with Gasteiger partial charge in [0, 0.05) is 11.3 Å². The lowest BCUT2D eigenvalue weighted by atomic mass is 9.79. The topological polar surface area (TPSA) is 144 Å². The first-order valence-corrected chi connectivity index (χ1v) is 10.3. The number of rotatable bonds is 7. The van der Waals surface area contributed by atoms with Gasteiger partial charge in [0.25, 0.3) is 0 Å². The van der Waals surface area contributed by atoms with Gasteiger partial charge in [0.05, 0.1) is 0 Å². The van der Waals surface area contributed by atoms with Crippen molar-refractivity contribution in [2.24, 2.45) is 11.7 Å². The number of carbonyl (C=O) groups is 3. The van der Waals surface area contributed by atoms with E-state index in [1.807, 2.05) is 38.3 Å². The minimum absolute atomic E-state index is 0.349. The van der Waals surface area contributed by atoms with Crippen LogP contribution in [0.5, 0.6) is 0 Å². The van der Waals surface area contributed by atoms with Crippen molar-refractivity contribution < 1.29 is 18.9 Å². The molecule has 1 aliphatic rings. The SMILES string of the molecule is CCc1c(N)c(C(N)(P=O)C2C(=O)NC(=O)NC2=O)c(CC)c(CC)c1CC. The van der Waals surface area contributed by atoms with E-state index in [-0.39, 0.29) is 0 Å². The van der Waals surface area contributed by atoms with E-state index in [0.29, 0.717) is 30.5 Å². The fraction of sp³-hybridized carbons (Fsp3) is 0.526. The number of nitrogen functional groups attached to an aromatic ring is 1. The van der Waals surface area contributed by atoms with Crippen LogP contribution in [0.3, 0.4) is 0 Å². The van der Waals surface area contributed by atoms with Crippen molar-refractivity contribution in [1.82, 2.24) is 10.6 Å². The summed E-state index contributed by atoms with van der Waals surface area (Å²) in [5, 5.41) is 2.17. The molecular weight excluding hydrogens is 379 g/mol. The van der Waals surface area contributed by atoms with E-state index in [0.717, 1.165) is 28.7 Å². The van der Waals surface area contributed by atoms with Gasteiger partial charge in [0.15, 0.2) is 14.4 Å². The van der Waals surface area contributed by atoms with Gasteiger partial charge in [-0.05, 0) is 47.9 Å². The molecule has 0 saturated carbocycles. The van der Waals surface area contributed by atoms with Crippen molar-refractivity contribution in [3.8, 4) is 0 Å². The fourth-order valence-corrected chi connectivity index (χ4v) is 4.94. The third-order valence-corrected chi connectivity index (χ3v) is 6.18. The molecule has 4 amide bonds. The van der Waals surface area contributed by atoms with E-state index in [2.05, 4.69) is 0 Å². The number of imide groups is 2. The molecule has 0 aromatic heterocycles. The molecule has 1 atom stereocenters. The van der Waals surface area contributed by atoms with Crippen molar-refractivity contribution in [2.75, 3.05) is 5.73 Å². The smallest absolute Gasteiger partial charge is 0.328 e. The molecule has 1 aromatic rings. The van der Waals surface area contributed by atoms with Crippen molar-refractivity contribution in [2.45, 2.75) is 58.7 Å². The lowest BCUT2D eigenvalue weighted by Gasteiger charge is -2.36. The first-order valence-electron chi connectivity index (χ1n) is 9.45. The highest BCUT2D eigenvalue weighted by atomic mass is 31.1. The van der Waals surface area contributed by atoms with E-state index in [9.17, 15) is 18.9 Å². The summed E-state index contributed by atoms with van der Waals surface area (Å²) in [6, 6.07) is -0.926. The van der Waals surface area contributed by atoms with Gasteiger partial charge < -0.3 is 11.5 Å². The van der Waals surface area contributed by atoms with Crippen molar-refractivity contribution in [3.05, 3.63) is 27.8 Å². The second kappa shape index (κ2) is 8.37. The van der Waals surface area contributed by atoms with E-state index in [1.165, 1.54) is 0 Å². The Morgan fingerprint density at radius 1 is 0.857 bits per heavy atom. The number of nitrogens with one attached hydrogen (secondary N) is 2. The second-order valence-electron chi connectivity index (χ2n) is 6.77. The third-order valence-electron chi connectivity index (χ3n) is 5.39. The molecule has 0 spiro atoms. The largest absolute Gasteiger partial charge is 0.398 e. The van der Waals surface area contributed by atoms with Gasteiger partial charge in [0.1, 0.15) is 5.28 Å². The van der Waals surface area contributed by atoms with Crippen LogP contribution >= 0.6 is 8.46 Å². The Morgan fingerprint density at radius 2 is 1.29 bits per heavy atom. The van der Waals surface area contributed by atoms with Crippen LogP contribution in [0.2, 0.25) is 0 Å². The van der Waals surface area contributed by atoms with Gasteiger partial charge in [-0.3, -0.25) is 24.8 Å². The molecule has 0 radical (unpaired) electrons. The molecule has 1 aromatic carbocycles. The summed E-state index contributed by atoms with van der Waals surface area (Å²) < 4.78 is 12.3. The molecule has 1 heterocycles. The predicted molar refractivity (Wildman–Crippen MR) is 107 cm³/mol. The van der Waals surface area contributed by atoms with Crippen LogP contribution in [0.25, 0.3) is 0 Å². The Hall–Kier alpha value is -2.31. The zero-order valence-corrected chi connectivity index (χ0v) is 17.5. The average Bonchev–Trinajstić information content (AvgIpc) is 2.65. The van der Waals surface area contributed by atoms with Crippen LogP contribution in [0.4, 0.5) is 10.5 Å². The lowest BCUT2D eigenvalue weighted by Crippen LogP contribution is -2.63. The molecule has 152 valence electrons. The van der Waals surface area contributed by atoms with Crippen LogP contribution in [0, 0.1) is 5.92 Å². The highest BCUT2D eigenvalue weighted by Gasteiger charge is 2.52. The Kier molecular flexibility index (Phi) is 6.57. The quantitative estimate of drug-likeness (QED) is 0.309. The Bertz CT molecular complexity index is 835. The maximum atomic E-state index is 12.5.